The molecule has 0 radical (unpaired) electrons. The number of hydrogen-bond donors (Lipinski definition) is 1. The highest BCUT2D eigenvalue weighted by Gasteiger charge is 2.54. The van der Waals surface area contributed by atoms with Crippen LogP contribution in [0.2, 0.25) is 0 Å². The van der Waals surface area contributed by atoms with E-state index in [0.29, 0.717) is 36.0 Å². The molecule has 0 aromatic heterocycles. The molecule has 0 saturated carbocycles. The van der Waals surface area contributed by atoms with E-state index in [1.807, 2.05) is 12.1 Å². The summed E-state index contributed by atoms with van der Waals surface area (Å²) in [6.07, 6.45) is -0.0770. The average Bonchev–Trinajstić information content (AvgIpc) is 3.23. The Morgan fingerprint density at radius 3 is 2.37 bits per heavy atom. The van der Waals surface area contributed by atoms with Gasteiger partial charge in [-0.2, -0.15) is 0 Å². The zero-order valence-electron chi connectivity index (χ0n) is 17.9. The van der Waals surface area contributed by atoms with E-state index in [1.165, 1.54) is 0 Å². The fourth-order valence-corrected chi connectivity index (χ4v) is 5.54. The molecule has 2 aromatic rings. The van der Waals surface area contributed by atoms with Crippen LogP contribution >= 0.6 is 0 Å². The van der Waals surface area contributed by atoms with Crippen molar-refractivity contribution in [3.63, 3.8) is 0 Å². The third-order valence-corrected chi connectivity index (χ3v) is 6.97. The van der Waals surface area contributed by atoms with Crippen LogP contribution < -0.4 is 23.7 Å². The van der Waals surface area contributed by atoms with Crippen LogP contribution in [-0.2, 0) is 18.4 Å². The van der Waals surface area contributed by atoms with Gasteiger partial charge in [-0.05, 0) is 48.4 Å². The van der Waals surface area contributed by atoms with Gasteiger partial charge in [-0.1, -0.05) is 6.92 Å². The molecule has 0 unspecified atom stereocenters. The third-order valence-electron chi connectivity index (χ3n) is 6.97. The van der Waals surface area contributed by atoms with Gasteiger partial charge in [-0.15, -0.1) is 0 Å². The lowest BCUT2D eigenvalue weighted by Crippen LogP contribution is -2.55. The number of nitrogens with zero attached hydrogens (tertiary/aromatic N) is 1. The van der Waals surface area contributed by atoms with Gasteiger partial charge in [0.2, 0.25) is 12.5 Å². The Morgan fingerprint density at radius 1 is 1.00 bits per heavy atom. The van der Waals surface area contributed by atoms with E-state index in [4.69, 9.17) is 23.7 Å². The number of rotatable bonds is 3. The van der Waals surface area contributed by atoms with Gasteiger partial charge in [0, 0.05) is 23.6 Å². The number of hydrogen-bond acceptors (Lipinski definition) is 7. The highest BCUT2D eigenvalue weighted by atomic mass is 16.7. The molecule has 1 aliphatic carbocycles. The molecule has 0 bridgehead atoms. The van der Waals surface area contributed by atoms with Crippen LogP contribution in [0.25, 0.3) is 0 Å². The van der Waals surface area contributed by atoms with Crippen molar-refractivity contribution >= 4 is 0 Å². The molecular weight excluding hydrogens is 386 g/mol. The van der Waals surface area contributed by atoms with E-state index < -0.39 is 11.5 Å². The second-order valence-electron chi connectivity index (χ2n) is 8.40. The van der Waals surface area contributed by atoms with Crippen LogP contribution in [0.15, 0.2) is 18.2 Å². The van der Waals surface area contributed by atoms with E-state index in [-0.39, 0.29) is 12.8 Å². The molecule has 0 saturated heterocycles. The summed E-state index contributed by atoms with van der Waals surface area (Å²) in [5, 5.41) is 11.5. The van der Waals surface area contributed by atoms with Gasteiger partial charge in [-0.3, -0.25) is 4.90 Å². The van der Waals surface area contributed by atoms with E-state index in [9.17, 15) is 5.11 Å². The Labute approximate surface area is 176 Å². The van der Waals surface area contributed by atoms with Crippen molar-refractivity contribution in [2.24, 2.45) is 0 Å². The molecule has 30 heavy (non-hydrogen) atoms. The maximum atomic E-state index is 11.5. The van der Waals surface area contributed by atoms with Gasteiger partial charge in [-0.25, -0.2) is 0 Å². The van der Waals surface area contributed by atoms with Crippen LogP contribution in [0.1, 0.15) is 35.2 Å². The first-order chi connectivity index (χ1) is 14.4. The Morgan fingerprint density at radius 2 is 1.67 bits per heavy atom. The van der Waals surface area contributed by atoms with Crippen LogP contribution in [0.5, 0.6) is 28.7 Å². The fourth-order valence-electron chi connectivity index (χ4n) is 5.54. The van der Waals surface area contributed by atoms with Gasteiger partial charge in [0.05, 0.1) is 27.4 Å². The number of aliphatic hydroxyl groups is 1. The number of ether oxygens (including phenoxy) is 5. The van der Waals surface area contributed by atoms with Crippen molar-refractivity contribution in [2.75, 3.05) is 35.2 Å². The zero-order chi connectivity index (χ0) is 21.2. The zero-order valence-corrected chi connectivity index (χ0v) is 17.9. The lowest BCUT2D eigenvalue weighted by molar-refractivity contribution is -0.000530. The van der Waals surface area contributed by atoms with Crippen molar-refractivity contribution in [3.05, 3.63) is 40.5 Å². The quantitative estimate of drug-likeness (QED) is 0.830. The predicted molar refractivity (Wildman–Crippen MR) is 110 cm³/mol. The Bertz CT molecular complexity index is 1020. The molecule has 0 fully saturated rings. The first-order valence-electron chi connectivity index (χ1n) is 10.1. The summed E-state index contributed by atoms with van der Waals surface area (Å²) in [6.45, 7) is 2.97. The molecule has 160 valence electrons. The van der Waals surface area contributed by atoms with Gasteiger partial charge >= 0.3 is 0 Å². The summed E-state index contributed by atoms with van der Waals surface area (Å²) in [4.78, 5) is 2.27. The van der Waals surface area contributed by atoms with Crippen molar-refractivity contribution in [2.45, 2.75) is 37.5 Å². The molecule has 0 spiro atoms. The molecule has 2 heterocycles. The summed E-state index contributed by atoms with van der Waals surface area (Å²) in [6, 6.07) is 6.00. The van der Waals surface area contributed by atoms with Crippen molar-refractivity contribution in [1.82, 2.24) is 4.90 Å². The van der Waals surface area contributed by atoms with Gasteiger partial charge in [0.15, 0.2) is 23.0 Å². The van der Waals surface area contributed by atoms with Crippen LogP contribution in [0.3, 0.4) is 0 Å². The molecule has 5 rings (SSSR count). The van der Waals surface area contributed by atoms with E-state index in [2.05, 4.69) is 24.9 Å². The van der Waals surface area contributed by atoms with E-state index >= 15 is 0 Å². The van der Waals surface area contributed by atoms with Crippen LogP contribution in [-0.4, -0.2) is 51.3 Å². The molecule has 1 N–H and O–H groups in total. The SMILES string of the molecule is COc1cc2c(cc1OC)[C@H]1N(C)Cc3c(cc(OC)c4c3OCO4)[C@@]1(C)[C@@H](O)C2. The first kappa shape index (κ1) is 19.3. The van der Waals surface area contributed by atoms with Gasteiger partial charge in [0.25, 0.3) is 0 Å². The minimum Gasteiger partial charge on any atom is -0.493 e. The number of likely N-dealkylation sites (N-methyl/N-ethyl adjacent to an activating group) is 1. The lowest BCUT2D eigenvalue weighted by atomic mass is 9.60. The Balaban J connectivity index is 1.75. The monoisotopic (exact) mass is 413 g/mol. The Hall–Kier alpha value is -2.64. The van der Waals surface area contributed by atoms with Crippen molar-refractivity contribution in [3.8, 4) is 28.7 Å². The third kappa shape index (κ3) is 2.39. The summed E-state index contributed by atoms with van der Waals surface area (Å²) in [5.41, 5.74) is 3.74. The van der Waals surface area contributed by atoms with Crippen molar-refractivity contribution < 1.29 is 28.8 Å². The molecule has 7 nitrogen and oxygen atoms in total. The molecule has 0 amide bonds. The predicted octanol–water partition coefficient (Wildman–Crippen LogP) is 2.80. The lowest BCUT2D eigenvalue weighted by Gasteiger charge is -2.53. The summed E-state index contributed by atoms with van der Waals surface area (Å²) in [7, 11) is 6.98. The highest BCUT2D eigenvalue weighted by Crippen LogP contribution is 2.58. The van der Waals surface area contributed by atoms with Crippen molar-refractivity contribution in [1.29, 1.82) is 0 Å². The largest absolute Gasteiger partial charge is 0.493 e. The minimum atomic E-state index is -0.598. The standard InChI is InChI=1S/C23H27NO6/c1-23-15-9-18(28-5)21-20(29-11-30-21)14(15)10-24(2)22(23)13-8-17(27-4)16(26-3)6-12(13)7-19(23)25/h6,8-9,19,22,25H,7,10-11H2,1-5H3/t19-,22+,23-/m0/s1. The average molecular weight is 413 g/mol. The highest BCUT2D eigenvalue weighted by molar-refractivity contribution is 5.64. The summed E-state index contributed by atoms with van der Waals surface area (Å²) < 4.78 is 28.2. The fraction of sp³-hybridized carbons (Fsp3) is 0.478. The normalized spacial score (nSPS) is 26.5. The molecule has 3 atom stereocenters. The number of fused-ring (bicyclic) bond motifs is 7. The molecule has 3 aliphatic rings. The van der Waals surface area contributed by atoms with Crippen LogP contribution in [0, 0.1) is 0 Å². The molecular formula is C23H27NO6. The number of aliphatic hydroxyl groups excluding tert-OH is 1. The molecule has 7 heteroatoms. The first-order valence-corrected chi connectivity index (χ1v) is 10.1. The van der Waals surface area contributed by atoms with E-state index in [1.54, 1.807) is 21.3 Å². The smallest absolute Gasteiger partial charge is 0.231 e. The number of benzene rings is 2. The molecule has 2 aliphatic heterocycles. The second-order valence-corrected chi connectivity index (χ2v) is 8.40. The second kappa shape index (κ2) is 6.68. The topological polar surface area (TPSA) is 69.6 Å². The van der Waals surface area contributed by atoms with Crippen LogP contribution in [0.4, 0.5) is 0 Å². The summed E-state index contributed by atoms with van der Waals surface area (Å²) in [5.74, 6) is 3.37. The van der Waals surface area contributed by atoms with Gasteiger partial charge < -0.3 is 28.8 Å². The molecule has 2 aromatic carbocycles. The minimum absolute atomic E-state index is 0.0476. The van der Waals surface area contributed by atoms with Gasteiger partial charge in [0.1, 0.15) is 0 Å². The number of methoxy groups -OCH3 is 3. The van der Waals surface area contributed by atoms with E-state index in [0.717, 1.165) is 28.0 Å². The Kier molecular flexibility index (Phi) is 4.31. The summed E-state index contributed by atoms with van der Waals surface area (Å²) >= 11 is 0. The maximum Gasteiger partial charge on any atom is 0.231 e. The maximum absolute atomic E-state index is 11.5.